The van der Waals surface area contributed by atoms with Gasteiger partial charge in [0.25, 0.3) is 5.91 Å². The van der Waals surface area contributed by atoms with Gasteiger partial charge in [0.2, 0.25) is 0 Å². The van der Waals surface area contributed by atoms with Gasteiger partial charge in [-0.05, 0) is 26.0 Å². The number of nitrogen functional groups attached to an aromatic ring is 1. The van der Waals surface area contributed by atoms with Gasteiger partial charge in [-0.15, -0.1) is 0 Å². The molecule has 0 radical (unpaired) electrons. The maximum absolute atomic E-state index is 12.3. The van der Waals surface area contributed by atoms with E-state index in [1.54, 1.807) is 13.2 Å². The molecular formula is C15H20N4O2. The highest BCUT2D eigenvalue weighted by Gasteiger charge is 2.22. The summed E-state index contributed by atoms with van der Waals surface area (Å²) in [6.45, 7) is 4.18. The molecule has 0 aliphatic rings. The van der Waals surface area contributed by atoms with E-state index < -0.39 is 5.54 Å². The first-order valence-electron chi connectivity index (χ1n) is 6.65. The highest BCUT2D eigenvalue weighted by Crippen LogP contribution is 2.22. The van der Waals surface area contributed by atoms with Gasteiger partial charge in [0.15, 0.2) is 0 Å². The molecule has 1 heterocycles. The first kappa shape index (κ1) is 15.2. The Hall–Kier alpha value is -2.18. The van der Waals surface area contributed by atoms with Crippen molar-refractivity contribution in [3.05, 3.63) is 36.0 Å². The minimum absolute atomic E-state index is 0.265. The summed E-state index contributed by atoms with van der Waals surface area (Å²) in [6, 6.07) is 9.14. The van der Waals surface area contributed by atoms with E-state index in [1.165, 1.54) is 0 Å². The average Bonchev–Trinajstić information content (AvgIpc) is 2.45. The maximum Gasteiger partial charge on any atom is 0.270 e. The molecule has 6 nitrogen and oxygen atoms in total. The number of para-hydroxylation sites is 1. The van der Waals surface area contributed by atoms with Crippen LogP contribution in [-0.4, -0.2) is 30.1 Å². The Morgan fingerprint density at radius 3 is 2.76 bits per heavy atom. The zero-order valence-corrected chi connectivity index (χ0v) is 12.4. The number of hydrogen-bond acceptors (Lipinski definition) is 5. The molecular weight excluding hydrogens is 268 g/mol. The van der Waals surface area contributed by atoms with Gasteiger partial charge in [0.1, 0.15) is 5.69 Å². The van der Waals surface area contributed by atoms with Crippen LogP contribution in [0.25, 0.3) is 10.9 Å². The van der Waals surface area contributed by atoms with E-state index in [0.717, 1.165) is 5.39 Å². The maximum atomic E-state index is 12.3. The van der Waals surface area contributed by atoms with E-state index in [0.29, 0.717) is 23.5 Å². The number of hydrazine groups is 1. The van der Waals surface area contributed by atoms with E-state index in [2.05, 4.69) is 15.7 Å². The van der Waals surface area contributed by atoms with Crippen molar-refractivity contribution in [2.24, 2.45) is 5.84 Å². The second-order valence-corrected chi connectivity index (χ2v) is 5.49. The third-order valence-electron chi connectivity index (χ3n) is 3.06. The van der Waals surface area contributed by atoms with Crippen LogP contribution in [-0.2, 0) is 4.74 Å². The third kappa shape index (κ3) is 3.48. The molecule has 0 aliphatic carbocycles. The fourth-order valence-corrected chi connectivity index (χ4v) is 2.18. The zero-order valence-electron chi connectivity index (χ0n) is 12.4. The molecule has 0 fully saturated rings. The number of nitrogens with zero attached hydrogens (tertiary/aromatic N) is 1. The van der Waals surface area contributed by atoms with Crippen LogP contribution in [0.4, 0.5) is 5.69 Å². The van der Waals surface area contributed by atoms with Crippen molar-refractivity contribution in [3.63, 3.8) is 0 Å². The third-order valence-corrected chi connectivity index (χ3v) is 3.06. The number of ether oxygens (including phenoxy) is 1. The normalized spacial score (nSPS) is 11.4. The van der Waals surface area contributed by atoms with Crippen molar-refractivity contribution in [2.45, 2.75) is 19.4 Å². The van der Waals surface area contributed by atoms with Gasteiger partial charge in [-0.2, -0.15) is 0 Å². The lowest BCUT2D eigenvalue weighted by Gasteiger charge is -2.25. The summed E-state index contributed by atoms with van der Waals surface area (Å²) in [5.41, 5.74) is 3.82. The predicted octanol–water partition coefficient (Wildman–Crippen LogP) is 1.68. The number of nitrogens with two attached hydrogens (primary N) is 1. The molecule has 2 rings (SSSR count). The molecule has 0 saturated heterocycles. The van der Waals surface area contributed by atoms with Crippen LogP contribution in [0.15, 0.2) is 30.3 Å². The summed E-state index contributed by atoms with van der Waals surface area (Å²) in [5.74, 6) is 5.27. The molecule has 21 heavy (non-hydrogen) atoms. The van der Waals surface area contributed by atoms with E-state index in [9.17, 15) is 4.79 Å². The van der Waals surface area contributed by atoms with Crippen molar-refractivity contribution in [1.82, 2.24) is 10.3 Å². The Kier molecular flexibility index (Phi) is 4.40. The summed E-state index contributed by atoms with van der Waals surface area (Å²) >= 11 is 0. The molecule has 4 N–H and O–H groups in total. The van der Waals surface area contributed by atoms with E-state index in [4.69, 9.17) is 10.6 Å². The molecule has 0 aliphatic heterocycles. The van der Waals surface area contributed by atoms with E-state index >= 15 is 0 Å². The summed E-state index contributed by atoms with van der Waals surface area (Å²) in [6.07, 6.45) is 0. The van der Waals surface area contributed by atoms with Crippen LogP contribution < -0.4 is 16.6 Å². The fourth-order valence-electron chi connectivity index (χ4n) is 2.18. The number of carbonyl (C=O) groups excluding carboxylic acids is 1. The summed E-state index contributed by atoms with van der Waals surface area (Å²) in [7, 11) is 1.60. The predicted molar refractivity (Wildman–Crippen MR) is 83.0 cm³/mol. The molecule has 0 atom stereocenters. The molecule has 0 saturated carbocycles. The van der Waals surface area contributed by atoms with Gasteiger partial charge >= 0.3 is 0 Å². The number of hydrogen-bond donors (Lipinski definition) is 3. The molecule has 0 bridgehead atoms. The van der Waals surface area contributed by atoms with Gasteiger partial charge in [-0.25, -0.2) is 4.98 Å². The van der Waals surface area contributed by atoms with Gasteiger partial charge in [0.05, 0.1) is 23.3 Å². The summed E-state index contributed by atoms with van der Waals surface area (Å²) in [5, 5.41) is 3.76. The van der Waals surface area contributed by atoms with Crippen LogP contribution >= 0.6 is 0 Å². The smallest absolute Gasteiger partial charge is 0.270 e. The number of anilines is 1. The van der Waals surface area contributed by atoms with Crippen LogP contribution in [0.2, 0.25) is 0 Å². The Labute approximate surface area is 123 Å². The highest BCUT2D eigenvalue weighted by atomic mass is 16.5. The van der Waals surface area contributed by atoms with Gasteiger partial charge < -0.3 is 15.5 Å². The minimum atomic E-state index is -0.477. The van der Waals surface area contributed by atoms with Crippen LogP contribution in [0.1, 0.15) is 24.3 Å². The van der Waals surface area contributed by atoms with Gasteiger partial charge in [-0.1, -0.05) is 18.2 Å². The monoisotopic (exact) mass is 288 g/mol. The topological polar surface area (TPSA) is 89.3 Å². The number of pyridine rings is 1. The molecule has 2 aromatic rings. The molecule has 1 amide bonds. The van der Waals surface area contributed by atoms with Crippen LogP contribution in [0.5, 0.6) is 0 Å². The lowest BCUT2D eigenvalue weighted by Crippen LogP contribution is -2.47. The number of carbonyl (C=O) groups is 1. The number of aromatic nitrogens is 1. The number of methoxy groups -OCH3 is 1. The number of rotatable bonds is 5. The molecule has 0 unspecified atom stereocenters. The first-order chi connectivity index (χ1) is 9.96. The number of benzene rings is 1. The van der Waals surface area contributed by atoms with Gasteiger partial charge in [-0.3, -0.25) is 10.6 Å². The van der Waals surface area contributed by atoms with Crippen molar-refractivity contribution in [3.8, 4) is 0 Å². The highest BCUT2D eigenvalue weighted by molar-refractivity contribution is 5.99. The number of amides is 1. The summed E-state index contributed by atoms with van der Waals surface area (Å²) < 4.78 is 5.09. The van der Waals surface area contributed by atoms with Crippen LogP contribution in [0, 0.1) is 0 Å². The Morgan fingerprint density at radius 2 is 2.10 bits per heavy atom. The number of nitrogens with one attached hydrogen (secondary N) is 2. The molecule has 1 aromatic carbocycles. The molecule has 6 heteroatoms. The standard InChI is InChI=1S/C15H20N4O2/c1-15(2,9-21-3)18-14(20)13-8-12(19-16)10-6-4-5-7-11(10)17-13/h4-8H,9,16H2,1-3H3,(H,17,19)(H,18,20). The average molecular weight is 288 g/mol. The quantitative estimate of drug-likeness (QED) is 0.575. The second-order valence-electron chi connectivity index (χ2n) is 5.49. The Balaban J connectivity index is 2.36. The largest absolute Gasteiger partial charge is 0.382 e. The molecule has 112 valence electrons. The molecule has 1 aromatic heterocycles. The zero-order chi connectivity index (χ0) is 15.5. The van der Waals surface area contributed by atoms with Crippen molar-refractivity contribution in [1.29, 1.82) is 0 Å². The Bertz CT molecular complexity index is 655. The van der Waals surface area contributed by atoms with E-state index in [1.807, 2.05) is 38.1 Å². The summed E-state index contributed by atoms with van der Waals surface area (Å²) in [4.78, 5) is 16.7. The Morgan fingerprint density at radius 1 is 1.38 bits per heavy atom. The SMILES string of the molecule is COCC(C)(C)NC(=O)c1cc(NN)c2ccccc2n1. The first-order valence-corrected chi connectivity index (χ1v) is 6.65. The van der Waals surface area contributed by atoms with Crippen molar-refractivity contribution >= 4 is 22.5 Å². The van der Waals surface area contributed by atoms with Crippen molar-refractivity contribution in [2.75, 3.05) is 19.1 Å². The van der Waals surface area contributed by atoms with Crippen molar-refractivity contribution < 1.29 is 9.53 Å². The fraction of sp³-hybridized carbons (Fsp3) is 0.333. The second kappa shape index (κ2) is 6.07. The number of fused-ring (bicyclic) bond motifs is 1. The lowest BCUT2D eigenvalue weighted by molar-refractivity contribution is 0.0815. The van der Waals surface area contributed by atoms with Gasteiger partial charge in [0, 0.05) is 12.5 Å². The van der Waals surface area contributed by atoms with Crippen LogP contribution in [0.3, 0.4) is 0 Å². The minimum Gasteiger partial charge on any atom is -0.382 e. The lowest BCUT2D eigenvalue weighted by atomic mass is 10.1. The van der Waals surface area contributed by atoms with E-state index in [-0.39, 0.29) is 5.91 Å². The molecule has 0 spiro atoms.